The third kappa shape index (κ3) is 3.50. The van der Waals surface area contributed by atoms with Gasteiger partial charge in [0.05, 0.1) is 19.1 Å². The van der Waals surface area contributed by atoms with Crippen LogP contribution in [0.25, 0.3) is 0 Å². The molecule has 1 saturated carbocycles. The van der Waals surface area contributed by atoms with Gasteiger partial charge in [0, 0.05) is 0 Å². The number of ether oxygens (including phenoxy) is 1. The molecule has 21 heavy (non-hydrogen) atoms. The second kappa shape index (κ2) is 6.10. The molecule has 2 unspecified atom stereocenters. The van der Waals surface area contributed by atoms with Gasteiger partial charge in [-0.3, -0.25) is 4.79 Å². The van der Waals surface area contributed by atoms with Gasteiger partial charge in [-0.2, -0.15) is 0 Å². The average Bonchev–Trinajstić information content (AvgIpc) is 3.30. The van der Waals surface area contributed by atoms with Gasteiger partial charge in [0.2, 0.25) is 0 Å². The average molecular weight is 282 g/mol. The fourth-order valence-electron chi connectivity index (χ4n) is 2.56. The molecule has 2 aromatic rings. The summed E-state index contributed by atoms with van der Waals surface area (Å²) < 4.78 is 5.69. The van der Waals surface area contributed by atoms with Gasteiger partial charge in [0.1, 0.15) is 0 Å². The Morgan fingerprint density at radius 3 is 2.19 bits per heavy atom. The molecular formula is C18H18O3. The van der Waals surface area contributed by atoms with Crippen LogP contribution in [0.4, 0.5) is 0 Å². The molecule has 2 atom stereocenters. The number of hydrogen-bond donors (Lipinski definition) is 1. The normalized spacial score (nSPS) is 20.2. The predicted molar refractivity (Wildman–Crippen MR) is 79.9 cm³/mol. The molecule has 0 amide bonds. The van der Waals surface area contributed by atoms with Crippen LogP contribution in [-0.4, -0.2) is 11.1 Å². The van der Waals surface area contributed by atoms with Crippen molar-refractivity contribution in [2.75, 3.05) is 0 Å². The van der Waals surface area contributed by atoms with Gasteiger partial charge in [-0.1, -0.05) is 54.6 Å². The summed E-state index contributed by atoms with van der Waals surface area (Å²) in [6.07, 6.45) is 0.763. The third-order valence-corrected chi connectivity index (χ3v) is 3.90. The van der Waals surface area contributed by atoms with Crippen LogP contribution < -0.4 is 0 Å². The summed E-state index contributed by atoms with van der Waals surface area (Å²) in [5.74, 6) is -0.678. The first-order valence-electron chi connectivity index (χ1n) is 7.17. The quantitative estimate of drug-likeness (QED) is 0.880. The van der Waals surface area contributed by atoms with Crippen LogP contribution in [0.15, 0.2) is 54.6 Å². The van der Waals surface area contributed by atoms with E-state index in [2.05, 4.69) is 0 Å². The summed E-state index contributed by atoms with van der Waals surface area (Å²) in [7, 11) is 0. The Bertz CT molecular complexity index is 604. The molecule has 0 saturated heterocycles. The minimum atomic E-state index is -0.685. The lowest BCUT2D eigenvalue weighted by atomic mass is 10.1. The maximum absolute atomic E-state index is 10.9. The number of carboxylic acid groups (broad SMARTS) is 1. The fourth-order valence-corrected chi connectivity index (χ4v) is 2.56. The molecule has 1 N–H and O–H groups in total. The molecule has 1 aliphatic rings. The van der Waals surface area contributed by atoms with Gasteiger partial charge >= 0.3 is 5.97 Å². The minimum Gasteiger partial charge on any atom is -0.481 e. The summed E-state index contributed by atoms with van der Waals surface area (Å²) in [6, 6.07) is 18.2. The second-order valence-corrected chi connectivity index (χ2v) is 5.51. The molecule has 3 rings (SSSR count). The third-order valence-electron chi connectivity index (χ3n) is 3.90. The largest absolute Gasteiger partial charge is 0.481 e. The number of rotatable bonds is 6. The van der Waals surface area contributed by atoms with Gasteiger partial charge in [-0.25, -0.2) is 0 Å². The fraction of sp³-hybridized carbons (Fsp3) is 0.278. The number of carbonyl (C=O) groups is 1. The summed E-state index contributed by atoms with van der Waals surface area (Å²) in [5, 5.41) is 8.94. The topological polar surface area (TPSA) is 46.5 Å². The van der Waals surface area contributed by atoms with Gasteiger partial charge < -0.3 is 9.84 Å². The van der Waals surface area contributed by atoms with Crippen molar-refractivity contribution in [3.05, 3.63) is 71.3 Å². The SMILES string of the molecule is O=C(O)C1CC1c1ccc(COCc2ccccc2)cc1. The van der Waals surface area contributed by atoms with Crippen molar-refractivity contribution < 1.29 is 14.6 Å². The van der Waals surface area contributed by atoms with Gasteiger partial charge in [-0.05, 0) is 29.0 Å². The minimum absolute atomic E-state index is 0.190. The molecule has 0 bridgehead atoms. The summed E-state index contributed by atoms with van der Waals surface area (Å²) in [6.45, 7) is 1.18. The van der Waals surface area contributed by atoms with Crippen LogP contribution >= 0.6 is 0 Å². The molecular weight excluding hydrogens is 264 g/mol. The van der Waals surface area contributed by atoms with E-state index in [9.17, 15) is 4.79 Å². The van der Waals surface area contributed by atoms with Crippen molar-refractivity contribution in [1.29, 1.82) is 0 Å². The zero-order chi connectivity index (χ0) is 14.7. The van der Waals surface area contributed by atoms with E-state index < -0.39 is 5.97 Å². The zero-order valence-corrected chi connectivity index (χ0v) is 11.7. The van der Waals surface area contributed by atoms with E-state index in [1.807, 2.05) is 54.6 Å². The van der Waals surface area contributed by atoms with Crippen molar-refractivity contribution >= 4 is 5.97 Å². The molecule has 0 radical (unpaired) electrons. The maximum atomic E-state index is 10.9. The van der Waals surface area contributed by atoms with E-state index in [1.165, 1.54) is 0 Å². The van der Waals surface area contributed by atoms with E-state index in [0.717, 1.165) is 23.1 Å². The molecule has 108 valence electrons. The van der Waals surface area contributed by atoms with Crippen LogP contribution in [0.2, 0.25) is 0 Å². The second-order valence-electron chi connectivity index (χ2n) is 5.51. The van der Waals surface area contributed by atoms with Crippen LogP contribution in [0.1, 0.15) is 29.0 Å². The highest BCUT2D eigenvalue weighted by Gasteiger charge is 2.43. The number of hydrogen-bond acceptors (Lipinski definition) is 2. The lowest BCUT2D eigenvalue weighted by Crippen LogP contribution is -1.99. The smallest absolute Gasteiger partial charge is 0.307 e. The zero-order valence-electron chi connectivity index (χ0n) is 11.7. The first kappa shape index (κ1) is 13.8. The molecule has 3 heteroatoms. The van der Waals surface area contributed by atoms with Crippen LogP contribution in [0.5, 0.6) is 0 Å². The van der Waals surface area contributed by atoms with Crippen LogP contribution in [0.3, 0.4) is 0 Å². The monoisotopic (exact) mass is 282 g/mol. The lowest BCUT2D eigenvalue weighted by Gasteiger charge is -2.06. The highest BCUT2D eigenvalue weighted by molar-refractivity contribution is 5.75. The van der Waals surface area contributed by atoms with Crippen molar-refractivity contribution in [1.82, 2.24) is 0 Å². The van der Waals surface area contributed by atoms with Gasteiger partial charge in [0.15, 0.2) is 0 Å². The van der Waals surface area contributed by atoms with E-state index in [0.29, 0.717) is 13.2 Å². The Labute approximate surface area is 124 Å². The first-order valence-corrected chi connectivity index (χ1v) is 7.17. The van der Waals surface area contributed by atoms with E-state index in [-0.39, 0.29) is 11.8 Å². The Morgan fingerprint density at radius 2 is 1.62 bits per heavy atom. The molecule has 1 fully saturated rings. The Morgan fingerprint density at radius 1 is 1.00 bits per heavy atom. The Kier molecular flexibility index (Phi) is 4.02. The van der Waals surface area contributed by atoms with Crippen LogP contribution in [-0.2, 0) is 22.7 Å². The standard InChI is InChI=1S/C18H18O3/c19-18(20)17-10-16(17)15-8-6-14(7-9-15)12-21-11-13-4-2-1-3-5-13/h1-9,16-17H,10-12H2,(H,19,20). The van der Waals surface area contributed by atoms with E-state index in [4.69, 9.17) is 9.84 Å². The van der Waals surface area contributed by atoms with Gasteiger partial charge in [0.25, 0.3) is 0 Å². The Hall–Kier alpha value is -2.13. The van der Waals surface area contributed by atoms with Crippen molar-refractivity contribution in [2.24, 2.45) is 5.92 Å². The molecule has 0 spiro atoms. The number of benzene rings is 2. The highest BCUT2D eigenvalue weighted by atomic mass is 16.5. The van der Waals surface area contributed by atoms with E-state index in [1.54, 1.807) is 0 Å². The molecule has 0 aromatic heterocycles. The molecule has 1 aliphatic carbocycles. The first-order chi connectivity index (χ1) is 10.2. The van der Waals surface area contributed by atoms with Crippen LogP contribution in [0, 0.1) is 5.92 Å². The Balaban J connectivity index is 1.50. The van der Waals surface area contributed by atoms with Gasteiger partial charge in [-0.15, -0.1) is 0 Å². The van der Waals surface area contributed by atoms with Crippen molar-refractivity contribution in [3.63, 3.8) is 0 Å². The molecule has 2 aromatic carbocycles. The molecule has 0 aliphatic heterocycles. The van der Waals surface area contributed by atoms with Crippen molar-refractivity contribution in [2.45, 2.75) is 25.6 Å². The molecule has 0 heterocycles. The van der Waals surface area contributed by atoms with Crippen molar-refractivity contribution in [3.8, 4) is 0 Å². The lowest BCUT2D eigenvalue weighted by molar-refractivity contribution is -0.138. The predicted octanol–water partition coefficient (Wildman–Crippen LogP) is 3.59. The number of carboxylic acids is 1. The molecule has 3 nitrogen and oxygen atoms in total. The summed E-state index contributed by atoms with van der Waals surface area (Å²) in [4.78, 5) is 10.9. The summed E-state index contributed by atoms with van der Waals surface area (Å²) in [5.41, 5.74) is 3.40. The van der Waals surface area contributed by atoms with E-state index >= 15 is 0 Å². The number of aliphatic carboxylic acids is 1. The summed E-state index contributed by atoms with van der Waals surface area (Å²) >= 11 is 0. The highest BCUT2D eigenvalue weighted by Crippen LogP contribution is 2.47. The maximum Gasteiger partial charge on any atom is 0.307 e.